The monoisotopic (exact) mass is 396 g/mol. The van der Waals surface area contributed by atoms with Crippen LogP contribution >= 0.6 is 11.3 Å². The first-order chi connectivity index (χ1) is 12.3. The fourth-order valence-corrected chi connectivity index (χ4v) is 3.87. The van der Waals surface area contributed by atoms with Gasteiger partial charge in [-0.25, -0.2) is 18.2 Å². The third-order valence-electron chi connectivity index (χ3n) is 3.74. The second-order valence-corrected chi connectivity index (χ2v) is 8.80. The average Bonchev–Trinajstić information content (AvgIpc) is 3.09. The van der Waals surface area contributed by atoms with Crippen LogP contribution in [0.15, 0.2) is 34.5 Å². The van der Waals surface area contributed by atoms with Crippen LogP contribution < -0.4 is 5.32 Å². The Labute approximate surface area is 156 Å². The van der Waals surface area contributed by atoms with Gasteiger partial charge < -0.3 is 10.4 Å². The van der Waals surface area contributed by atoms with Crippen LogP contribution in [0.5, 0.6) is 0 Å². The second-order valence-electron chi connectivity index (χ2n) is 5.58. The number of carbonyl (C=O) groups excluding carboxylic acids is 1. The molecule has 1 aromatic carbocycles. The number of aryl methyl sites for hydroxylation is 1. The van der Waals surface area contributed by atoms with Gasteiger partial charge in [0.2, 0.25) is 5.91 Å². The summed E-state index contributed by atoms with van der Waals surface area (Å²) in [7, 11) is -3.21. The Bertz CT molecular complexity index is 873. The molecule has 0 fully saturated rings. The number of rotatable bonds is 9. The predicted octanol–water partition coefficient (Wildman–Crippen LogP) is 1.93. The molecule has 0 aliphatic heterocycles. The Balaban J connectivity index is 1.75. The fraction of sp³-hybridized carbons (Fsp3) is 0.353. The van der Waals surface area contributed by atoms with E-state index in [0.717, 1.165) is 5.56 Å². The summed E-state index contributed by atoms with van der Waals surface area (Å²) in [6, 6.07) is 6.57. The number of carbonyl (C=O) groups is 2. The van der Waals surface area contributed by atoms with E-state index in [1.165, 1.54) is 16.7 Å². The quantitative estimate of drug-likeness (QED) is 0.669. The smallest absolute Gasteiger partial charge is 0.355 e. The zero-order chi connectivity index (χ0) is 19.2. The minimum absolute atomic E-state index is 0.0184. The summed E-state index contributed by atoms with van der Waals surface area (Å²) in [5.41, 5.74) is 0.908. The molecule has 0 radical (unpaired) electrons. The van der Waals surface area contributed by atoms with E-state index in [1.54, 1.807) is 31.2 Å². The van der Waals surface area contributed by atoms with Gasteiger partial charge in [0.15, 0.2) is 15.5 Å². The molecule has 0 aliphatic rings. The van der Waals surface area contributed by atoms with Crippen LogP contribution in [-0.2, 0) is 27.5 Å². The highest BCUT2D eigenvalue weighted by atomic mass is 32.2. The lowest BCUT2D eigenvalue weighted by Gasteiger charge is -2.06. The van der Waals surface area contributed by atoms with Crippen molar-refractivity contribution in [1.82, 2.24) is 10.3 Å². The summed E-state index contributed by atoms with van der Waals surface area (Å²) in [6.45, 7) is 1.99. The molecule has 9 heteroatoms. The van der Waals surface area contributed by atoms with Gasteiger partial charge in [0, 0.05) is 24.8 Å². The zero-order valence-corrected chi connectivity index (χ0v) is 15.9. The highest BCUT2D eigenvalue weighted by molar-refractivity contribution is 7.91. The number of nitrogens with one attached hydrogen (secondary N) is 1. The molecule has 2 rings (SSSR count). The maximum absolute atomic E-state index is 11.9. The first-order valence-corrected chi connectivity index (χ1v) is 10.6. The van der Waals surface area contributed by atoms with Gasteiger partial charge >= 0.3 is 5.97 Å². The first-order valence-electron chi connectivity index (χ1n) is 8.08. The highest BCUT2D eigenvalue weighted by Crippen LogP contribution is 2.13. The third-order valence-corrected chi connectivity index (χ3v) is 6.39. The van der Waals surface area contributed by atoms with Crippen LogP contribution in [0.2, 0.25) is 0 Å². The number of amides is 1. The molecule has 0 bridgehead atoms. The van der Waals surface area contributed by atoms with Crippen LogP contribution in [-0.4, -0.2) is 42.7 Å². The minimum Gasteiger partial charge on any atom is -0.476 e. The van der Waals surface area contributed by atoms with Crippen LogP contribution in [0.3, 0.4) is 0 Å². The Morgan fingerprint density at radius 2 is 1.88 bits per heavy atom. The molecule has 26 heavy (non-hydrogen) atoms. The Hall–Kier alpha value is -2.26. The summed E-state index contributed by atoms with van der Waals surface area (Å²) >= 11 is 1.25. The molecule has 0 saturated carbocycles. The molecular weight excluding hydrogens is 376 g/mol. The maximum atomic E-state index is 11.9. The number of aromatic nitrogens is 1. The fourth-order valence-electron chi connectivity index (χ4n) is 2.21. The van der Waals surface area contributed by atoms with Crippen molar-refractivity contribution < 1.29 is 23.1 Å². The maximum Gasteiger partial charge on any atom is 0.355 e. The molecule has 1 aromatic heterocycles. The molecule has 0 saturated heterocycles. The summed E-state index contributed by atoms with van der Waals surface area (Å²) < 4.78 is 23.5. The van der Waals surface area contributed by atoms with E-state index in [-0.39, 0.29) is 28.7 Å². The van der Waals surface area contributed by atoms with Gasteiger partial charge in [-0.1, -0.05) is 19.1 Å². The molecule has 1 heterocycles. The first kappa shape index (κ1) is 20.1. The van der Waals surface area contributed by atoms with E-state index in [2.05, 4.69) is 10.3 Å². The molecule has 2 N–H and O–H groups in total. The van der Waals surface area contributed by atoms with Gasteiger partial charge in [-0.05, 0) is 24.1 Å². The third kappa shape index (κ3) is 5.63. The number of sulfone groups is 1. The van der Waals surface area contributed by atoms with Crippen molar-refractivity contribution >= 4 is 33.1 Å². The van der Waals surface area contributed by atoms with Crippen molar-refractivity contribution in [2.75, 3.05) is 12.3 Å². The summed E-state index contributed by atoms with van der Waals surface area (Å²) in [4.78, 5) is 26.9. The van der Waals surface area contributed by atoms with Gasteiger partial charge in [-0.15, -0.1) is 11.3 Å². The van der Waals surface area contributed by atoms with Crippen molar-refractivity contribution in [2.45, 2.75) is 31.1 Å². The van der Waals surface area contributed by atoms with E-state index in [1.807, 2.05) is 0 Å². The Morgan fingerprint density at radius 3 is 2.46 bits per heavy atom. The molecule has 7 nitrogen and oxygen atoms in total. The number of hydrogen-bond acceptors (Lipinski definition) is 6. The lowest BCUT2D eigenvalue weighted by molar-refractivity contribution is -0.121. The minimum atomic E-state index is -3.21. The number of aromatic carboxylic acids is 1. The summed E-state index contributed by atoms with van der Waals surface area (Å²) in [5.74, 6) is -1.12. The predicted molar refractivity (Wildman–Crippen MR) is 98.3 cm³/mol. The van der Waals surface area contributed by atoms with Crippen LogP contribution in [0.1, 0.15) is 34.4 Å². The van der Waals surface area contributed by atoms with Gasteiger partial charge in [-0.3, -0.25) is 4.79 Å². The molecule has 140 valence electrons. The Kier molecular flexibility index (Phi) is 6.87. The molecular formula is C17H20N2O5S2. The number of hydrogen-bond donors (Lipinski definition) is 2. The van der Waals surface area contributed by atoms with Crippen molar-refractivity contribution in [3.63, 3.8) is 0 Å². The SMILES string of the molecule is CCS(=O)(=O)c1ccc(CCC(=O)NCCc2nc(C(=O)O)cs2)cc1. The zero-order valence-electron chi connectivity index (χ0n) is 14.3. The lowest BCUT2D eigenvalue weighted by atomic mass is 10.1. The van der Waals surface area contributed by atoms with Crippen molar-refractivity contribution in [1.29, 1.82) is 0 Å². The van der Waals surface area contributed by atoms with Crippen molar-refractivity contribution in [3.05, 3.63) is 45.9 Å². The van der Waals surface area contributed by atoms with E-state index < -0.39 is 15.8 Å². The van der Waals surface area contributed by atoms with Crippen molar-refractivity contribution in [2.24, 2.45) is 0 Å². The number of carboxylic acid groups (broad SMARTS) is 1. The van der Waals surface area contributed by atoms with E-state index in [0.29, 0.717) is 24.4 Å². The Morgan fingerprint density at radius 1 is 1.19 bits per heavy atom. The molecule has 2 aromatic rings. The van der Waals surface area contributed by atoms with Gasteiger partial charge in [0.25, 0.3) is 0 Å². The van der Waals surface area contributed by atoms with Crippen LogP contribution in [0, 0.1) is 0 Å². The van der Waals surface area contributed by atoms with Gasteiger partial charge in [0.05, 0.1) is 15.7 Å². The standard InChI is InChI=1S/C17H20N2O5S2/c1-2-26(23,24)13-6-3-12(4-7-13)5-8-15(20)18-10-9-16-19-14(11-25-16)17(21)22/h3-4,6-7,11H,2,5,8-10H2,1H3,(H,18,20)(H,21,22). The van der Waals surface area contributed by atoms with Crippen molar-refractivity contribution in [3.8, 4) is 0 Å². The molecule has 0 unspecified atom stereocenters. The topological polar surface area (TPSA) is 113 Å². The number of carboxylic acids is 1. The van der Waals surface area contributed by atoms with E-state index in [4.69, 9.17) is 5.11 Å². The molecule has 1 amide bonds. The van der Waals surface area contributed by atoms with Gasteiger partial charge in [-0.2, -0.15) is 0 Å². The summed E-state index contributed by atoms with van der Waals surface area (Å²) in [5, 5.41) is 13.7. The highest BCUT2D eigenvalue weighted by Gasteiger charge is 2.11. The number of benzene rings is 1. The van der Waals surface area contributed by atoms with Crippen LogP contribution in [0.4, 0.5) is 0 Å². The molecule has 0 aliphatic carbocycles. The normalized spacial score (nSPS) is 11.3. The van der Waals surface area contributed by atoms with Gasteiger partial charge in [0.1, 0.15) is 0 Å². The second kappa shape index (κ2) is 8.91. The van der Waals surface area contributed by atoms with Crippen LogP contribution in [0.25, 0.3) is 0 Å². The largest absolute Gasteiger partial charge is 0.476 e. The number of thiazole rings is 1. The molecule has 0 atom stereocenters. The molecule has 0 spiro atoms. The average molecular weight is 396 g/mol. The number of nitrogens with zero attached hydrogens (tertiary/aromatic N) is 1. The van der Waals surface area contributed by atoms with E-state index >= 15 is 0 Å². The lowest BCUT2D eigenvalue weighted by Crippen LogP contribution is -2.25. The van der Waals surface area contributed by atoms with E-state index in [9.17, 15) is 18.0 Å². The summed E-state index contributed by atoms with van der Waals surface area (Å²) in [6.07, 6.45) is 1.28.